The van der Waals surface area contributed by atoms with E-state index < -0.39 is 5.97 Å². The number of hydrogen-bond donors (Lipinski definition) is 1. The second-order valence-electron chi connectivity index (χ2n) is 4.67. The molecule has 1 aromatic heterocycles. The van der Waals surface area contributed by atoms with Gasteiger partial charge in [-0.3, -0.25) is 4.79 Å². The maximum absolute atomic E-state index is 12.2. The van der Waals surface area contributed by atoms with Crippen LogP contribution in [0.25, 0.3) is 17.3 Å². The molecule has 0 atom stereocenters. The largest absolute Gasteiger partial charge is 0.494 e. The predicted molar refractivity (Wildman–Crippen MR) is 85.0 cm³/mol. The van der Waals surface area contributed by atoms with Crippen molar-refractivity contribution >= 4 is 12.0 Å². The Morgan fingerprint density at radius 2 is 1.91 bits per heavy atom. The van der Waals surface area contributed by atoms with E-state index in [0.717, 1.165) is 23.1 Å². The standard InChI is InChI=1S/C17H17NO4/c1-3-22-14-8-4-12(5-9-14)15-10-6-13(7-11-16(19)20)17(21)18(15)2/h4-11H,3H2,1-2H3,(H,19,20)/b11-7+. The molecule has 2 aromatic rings. The van der Waals surface area contributed by atoms with Crippen molar-refractivity contribution in [2.24, 2.45) is 7.05 Å². The molecule has 0 aliphatic carbocycles. The molecule has 0 bridgehead atoms. The predicted octanol–water partition coefficient (Wildman–Crippen LogP) is 2.55. The molecule has 22 heavy (non-hydrogen) atoms. The first-order valence-electron chi connectivity index (χ1n) is 6.87. The molecule has 1 aromatic carbocycles. The molecule has 1 heterocycles. The fraction of sp³-hybridized carbons (Fsp3) is 0.176. The van der Waals surface area contributed by atoms with Crippen molar-refractivity contribution in [1.82, 2.24) is 4.57 Å². The van der Waals surface area contributed by atoms with Crippen molar-refractivity contribution in [1.29, 1.82) is 0 Å². The van der Waals surface area contributed by atoms with Crippen molar-refractivity contribution in [2.45, 2.75) is 6.92 Å². The third-order valence-corrected chi connectivity index (χ3v) is 3.20. The number of benzene rings is 1. The summed E-state index contributed by atoms with van der Waals surface area (Å²) in [7, 11) is 1.66. The molecule has 2 rings (SSSR count). The summed E-state index contributed by atoms with van der Waals surface area (Å²) in [5, 5.41) is 8.63. The normalized spacial score (nSPS) is 10.8. The monoisotopic (exact) mass is 299 g/mol. The van der Waals surface area contributed by atoms with Crippen molar-refractivity contribution in [2.75, 3.05) is 6.61 Å². The van der Waals surface area contributed by atoms with Gasteiger partial charge in [0.05, 0.1) is 12.3 Å². The van der Waals surface area contributed by atoms with Gasteiger partial charge in [-0.1, -0.05) is 0 Å². The first-order valence-corrected chi connectivity index (χ1v) is 6.87. The number of carboxylic acid groups (broad SMARTS) is 1. The molecule has 5 nitrogen and oxygen atoms in total. The third kappa shape index (κ3) is 3.44. The zero-order valence-corrected chi connectivity index (χ0v) is 12.4. The fourth-order valence-corrected chi connectivity index (χ4v) is 2.12. The van der Waals surface area contributed by atoms with Gasteiger partial charge in [0.2, 0.25) is 0 Å². The van der Waals surface area contributed by atoms with Gasteiger partial charge in [0.25, 0.3) is 5.56 Å². The van der Waals surface area contributed by atoms with Crippen molar-refractivity contribution < 1.29 is 14.6 Å². The summed E-state index contributed by atoms with van der Waals surface area (Å²) in [5.74, 6) is -0.310. The molecule has 0 fully saturated rings. The van der Waals surface area contributed by atoms with Crippen LogP contribution in [-0.4, -0.2) is 22.2 Å². The van der Waals surface area contributed by atoms with Crippen LogP contribution in [0.5, 0.6) is 5.75 Å². The van der Waals surface area contributed by atoms with Crippen LogP contribution in [0, 0.1) is 0 Å². The molecule has 0 radical (unpaired) electrons. The molecule has 5 heteroatoms. The Labute approximate surface area is 128 Å². The Morgan fingerprint density at radius 3 is 2.50 bits per heavy atom. The second kappa shape index (κ2) is 6.76. The maximum atomic E-state index is 12.2. The Kier molecular flexibility index (Phi) is 4.78. The van der Waals surface area contributed by atoms with Crippen molar-refractivity contribution in [3.05, 3.63) is 58.4 Å². The van der Waals surface area contributed by atoms with E-state index in [1.807, 2.05) is 31.2 Å². The highest BCUT2D eigenvalue weighted by Gasteiger charge is 2.06. The van der Waals surface area contributed by atoms with Crippen LogP contribution in [0.15, 0.2) is 47.3 Å². The van der Waals surface area contributed by atoms with Gasteiger partial charge in [-0.15, -0.1) is 0 Å². The molecular formula is C17H17NO4. The smallest absolute Gasteiger partial charge is 0.328 e. The van der Waals surface area contributed by atoms with Crippen LogP contribution in [0.4, 0.5) is 0 Å². The molecule has 0 aliphatic rings. The Hall–Kier alpha value is -2.82. The van der Waals surface area contributed by atoms with Gasteiger partial charge in [-0.05, 0) is 55.0 Å². The maximum Gasteiger partial charge on any atom is 0.328 e. The fourth-order valence-electron chi connectivity index (χ4n) is 2.12. The molecule has 1 N–H and O–H groups in total. The Morgan fingerprint density at radius 1 is 1.23 bits per heavy atom. The summed E-state index contributed by atoms with van der Waals surface area (Å²) in [6.45, 7) is 2.52. The zero-order valence-electron chi connectivity index (χ0n) is 12.4. The van der Waals surface area contributed by atoms with Crippen LogP contribution in [0.3, 0.4) is 0 Å². The van der Waals surface area contributed by atoms with Crippen LogP contribution in [-0.2, 0) is 11.8 Å². The average molecular weight is 299 g/mol. The van der Waals surface area contributed by atoms with Gasteiger partial charge >= 0.3 is 5.97 Å². The molecule has 0 aliphatic heterocycles. The van der Waals surface area contributed by atoms with Gasteiger partial charge in [0.1, 0.15) is 5.75 Å². The topological polar surface area (TPSA) is 68.5 Å². The van der Waals surface area contributed by atoms with E-state index in [1.165, 1.54) is 10.6 Å². The highest BCUT2D eigenvalue weighted by Crippen LogP contribution is 2.21. The Bertz CT molecular complexity index is 757. The van der Waals surface area contributed by atoms with Crippen LogP contribution in [0.1, 0.15) is 12.5 Å². The lowest BCUT2D eigenvalue weighted by Crippen LogP contribution is -2.20. The number of carboxylic acids is 1. The minimum atomic E-state index is -1.09. The number of ether oxygens (including phenoxy) is 1. The van der Waals surface area contributed by atoms with E-state index in [0.29, 0.717) is 12.2 Å². The number of aromatic nitrogens is 1. The first kappa shape index (κ1) is 15.6. The van der Waals surface area contributed by atoms with Crippen molar-refractivity contribution in [3.63, 3.8) is 0 Å². The lowest BCUT2D eigenvalue weighted by molar-refractivity contribution is -0.131. The quantitative estimate of drug-likeness (QED) is 0.861. The van der Waals surface area contributed by atoms with E-state index in [9.17, 15) is 9.59 Å². The molecule has 0 amide bonds. The summed E-state index contributed by atoms with van der Waals surface area (Å²) in [5.41, 5.74) is 1.72. The SMILES string of the molecule is CCOc1ccc(-c2ccc(/C=C/C(=O)O)c(=O)n2C)cc1. The van der Waals surface area contributed by atoms with Crippen LogP contribution >= 0.6 is 0 Å². The van der Waals surface area contributed by atoms with Gasteiger partial charge < -0.3 is 14.4 Å². The summed E-state index contributed by atoms with van der Waals surface area (Å²) in [6, 6.07) is 10.9. The van der Waals surface area contributed by atoms with Gasteiger partial charge in [-0.2, -0.15) is 0 Å². The molecular weight excluding hydrogens is 282 g/mol. The third-order valence-electron chi connectivity index (χ3n) is 3.20. The zero-order chi connectivity index (χ0) is 16.1. The number of rotatable bonds is 5. The van der Waals surface area contributed by atoms with E-state index >= 15 is 0 Å². The van der Waals surface area contributed by atoms with Crippen LogP contribution < -0.4 is 10.3 Å². The molecule has 0 spiro atoms. The van der Waals surface area contributed by atoms with Crippen LogP contribution in [0.2, 0.25) is 0 Å². The first-order chi connectivity index (χ1) is 10.5. The summed E-state index contributed by atoms with van der Waals surface area (Å²) >= 11 is 0. The highest BCUT2D eigenvalue weighted by molar-refractivity contribution is 5.85. The summed E-state index contributed by atoms with van der Waals surface area (Å²) < 4.78 is 6.89. The van der Waals surface area contributed by atoms with Gasteiger partial charge in [0.15, 0.2) is 0 Å². The van der Waals surface area contributed by atoms with Crippen molar-refractivity contribution in [3.8, 4) is 17.0 Å². The second-order valence-corrected chi connectivity index (χ2v) is 4.67. The Balaban J connectivity index is 2.38. The summed E-state index contributed by atoms with van der Waals surface area (Å²) in [4.78, 5) is 22.8. The highest BCUT2D eigenvalue weighted by atomic mass is 16.5. The molecule has 0 unspecified atom stereocenters. The minimum absolute atomic E-state index is 0.246. The van der Waals surface area contributed by atoms with E-state index in [1.54, 1.807) is 19.2 Å². The number of carbonyl (C=O) groups is 1. The average Bonchev–Trinajstić information content (AvgIpc) is 2.50. The van der Waals surface area contributed by atoms with Gasteiger partial charge in [-0.25, -0.2) is 4.79 Å². The number of aliphatic carboxylic acids is 1. The van der Waals surface area contributed by atoms with E-state index in [-0.39, 0.29) is 5.56 Å². The lowest BCUT2D eigenvalue weighted by Gasteiger charge is -2.10. The summed E-state index contributed by atoms with van der Waals surface area (Å²) in [6.07, 6.45) is 2.25. The van der Waals surface area contributed by atoms with Gasteiger partial charge in [0, 0.05) is 18.7 Å². The van der Waals surface area contributed by atoms with E-state index in [4.69, 9.17) is 9.84 Å². The molecule has 114 valence electrons. The van der Waals surface area contributed by atoms with E-state index in [2.05, 4.69) is 0 Å². The lowest BCUT2D eigenvalue weighted by atomic mass is 10.1. The number of nitrogens with zero attached hydrogens (tertiary/aromatic N) is 1. The molecule has 0 saturated carbocycles. The number of hydrogen-bond acceptors (Lipinski definition) is 3. The minimum Gasteiger partial charge on any atom is -0.494 e. The number of pyridine rings is 1. The molecule has 0 saturated heterocycles.